The SMILES string of the molecule is Brc1ccc(-c2nc(-c3ccccc3)c(-c3ccccc3)c(-c3ccccc3)c2-c2ccccc2)cc1. The third-order valence-electron chi connectivity index (χ3n) is 6.55. The van der Waals surface area contributed by atoms with Crippen LogP contribution in [0.1, 0.15) is 0 Å². The Morgan fingerprint density at radius 3 is 1.05 bits per heavy atom. The Balaban J connectivity index is 1.83. The van der Waals surface area contributed by atoms with Gasteiger partial charge in [-0.15, -0.1) is 0 Å². The number of pyridine rings is 1. The van der Waals surface area contributed by atoms with Crippen molar-refractivity contribution in [2.75, 3.05) is 0 Å². The van der Waals surface area contributed by atoms with Crippen LogP contribution >= 0.6 is 15.9 Å². The fourth-order valence-electron chi connectivity index (χ4n) is 4.87. The molecule has 6 aromatic rings. The molecular weight excluding hydrogens is 514 g/mol. The van der Waals surface area contributed by atoms with E-state index in [1.807, 2.05) is 0 Å². The average molecular weight is 538 g/mol. The largest absolute Gasteiger partial charge is 0.246 e. The molecule has 37 heavy (non-hydrogen) atoms. The summed E-state index contributed by atoms with van der Waals surface area (Å²) < 4.78 is 1.05. The molecule has 0 atom stereocenters. The average Bonchev–Trinajstić information content (AvgIpc) is 2.98. The van der Waals surface area contributed by atoms with Crippen LogP contribution in [-0.4, -0.2) is 4.98 Å². The van der Waals surface area contributed by atoms with Crippen LogP contribution in [0.15, 0.2) is 150 Å². The van der Waals surface area contributed by atoms with Crippen LogP contribution in [0.5, 0.6) is 0 Å². The van der Waals surface area contributed by atoms with Crippen LogP contribution in [0.2, 0.25) is 0 Å². The molecule has 5 aromatic carbocycles. The van der Waals surface area contributed by atoms with Gasteiger partial charge in [-0.25, -0.2) is 4.98 Å². The summed E-state index contributed by atoms with van der Waals surface area (Å²) in [5.41, 5.74) is 11.0. The van der Waals surface area contributed by atoms with Crippen LogP contribution in [0, 0.1) is 0 Å². The minimum absolute atomic E-state index is 0.969. The third-order valence-corrected chi connectivity index (χ3v) is 7.08. The summed E-state index contributed by atoms with van der Waals surface area (Å²) in [6, 6.07) is 50.9. The highest BCUT2D eigenvalue weighted by molar-refractivity contribution is 9.10. The van der Waals surface area contributed by atoms with Crippen molar-refractivity contribution in [2.24, 2.45) is 0 Å². The second-order valence-electron chi connectivity index (χ2n) is 8.91. The highest BCUT2D eigenvalue weighted by atomic mass is 79.9. The molecule has 0 N–H and O–H groups in total. The first kappa shape index (κ1) is 23.1. The van der Waals surface area contributed by atoms with Gasteiger partial charge in [-0.05, 0) is 28.8 Å². The summed E-state index contributed by atoms with van der Waals surface area (Å²) in [6.45, 7) is 0. The molecule has 0 aliphatic carbocycles. The lowest BCUT2D eigenvalue weighted by Crippen LogP contribution is -2.01. The van der Waals surface area contributed by atoms with Gasteiger partial charge >= 0.3 is 0 Å². The smallest absolute Gasteiger partial charge is 0.0794 e. The molecule has 0 unspecified atom stereocenters. The predicted octanol–water partition coefficient (Wildman–Crippen LogP) is 10.2. The lowest BCUT2D eigenvalue weighted by molar-refractivity contribution is 1.32. The van der Waals surface area contributed by atoms with Gasteiger partial charge in [-0.2, -0.15) is 0 Å². The standard InChI is InChI=1S/C35H24BrN/c36-30-23-21-29(22-24-30)35-33(27-17-9-3-10-18-27)31(25-13-5-1-6-14-25)32(26-15-7-2-8-16-26)34(37-35)28-19-11-4-12-20-28/h1-24H. The molecule has 1 aromatic heterocycles. The maximum Gasteiger partial charge on any atom is 0.0794 e. The quantitative estimate of drug-likeness (QED) is 0.213. The maximum absolute atomic E-state index is 5.47. The van der Waals surface area contributed by atoms with Gasteiger partial charge in [-0.1, -0.05) is 149 Å². The number of nitrogens with zero attached hydrogens (tertiary/aromatic N) is 1. The van der Waals surface area contributed by atoms with E-state index in [0.717, 1.165) is 54.8 Å². The molecule has 0 amide bonds. The molecule has 0 fully saturated rings. The number of benzene rings is 5. The van der Waals surface area contributed by atoms with Crippen LogP contribution in [0.25, 0.3) is 55.9 Å². The van der Waals surface area contributed by atoms with Crippen molar-refractivity contribution in [1.29, 1.82) is 0 Å². The van der Waals surface area contributed by atoms with E-state index < -0.39 is 0 Å². The highest BCUT2D eigenvalue weighted by Crippen LogP contribution is 2.48. The molecule has 6 rings (SSSR count). The Kier molecular flexibility index (Phi) is 6.49. The zero-order valence-electron chi connectivity index (χ0n) is 20.2. The van der Waals surface area contributed by atoms with Crippen molar-refractivity contribution in [3.05, 3.63) is 150 Å². The van der Waals surface area contributed by atoms with Crippen LogP contribution in [-0.2, 0) is 0 Å². The summed E-state index contributed by atoms with van der Waals surface area (Å²) in [5, 5.41) is 0. The van der Waals surface area contributed by atoms with E-state index in [1.54, 1.807) is 0 Å². The minimum Gasteiger partial charge on any atom is -0.246 e. The van der Waals surface area contributed by atoms with Crippen molar-refractivity contribution >= 4 is 15.9 Å². The van der Waals surface area contributed by atoms with Gasteiger partial charge in [0.25, 0.3) is 0 Å². The van der Waals surface area contributed by atoms with Gasteiger partial charge in [0.1, 0.15) is 0 Å². The molecule has 0 saturated heterocycles. The van der Waals surface area contributed by atoms with Crippen LogP contribution in [0.3, 0.4) is 0 Å². The summed E-state index contributed by atoms with van der Waals surface area (Å²) in [6.07, 6.45) is 0. The van der Waals surface area contributed by atoms with Gasteiger partial charge in [-0.3, -0.25) is 0 Å². The maximum atomic E-state index is 5.47. The van der Waals surface area contributed by atoms with E-state index in [1.165, 1.54) is 5.56 Å². The van der Waals surface area contributed by atoms with E-state index in [2.05, 4.69) is 162 Å². The van der Waals surface area contributed by atoms with Crippen molar-refractivity contribution in [3.63, 3.8) is 0 Å². The molecular formula is C35H24BrN. The van der Waals surface area contributed by atoms with Crippen molar-refractivity contribution in [2.45, 2.75) is 0 Å². The Labute approximate surface area is 226 Å². The topological polar surface area (TPSA) is 12.9 Å². The van der Waals surface area contributed by atoms with Gasteiger partial charge in [0.2, 0.25) is 0 Å². The molecule has 0 saturated carbocycles. The minimum atomic E-state index is 0.969. The third kappa shape index (κ3) is 4.64. The first-order chi connectivity index (χ1) is 18.3. The predicted molar refractivity (Wildman–Crippen MR) is 159 cm³/mol. The number of hydrogen-bond donors (Lipinski definition) is 0. The summed E-state index contributed by atoms with van der Waals surface area (Å²) >= 11 is 3.61. The van der Waals surface area contributed by atoms with Gasteiger partial charge < -0.3 is 0 Å². The van der Waals surface area contributed by atoms with Crippen LogP contribution < -0.4 is 0 Å². The van der Waals surface area contributed by atoms with Crippen molar-refractivity contribution < 1.29 is 0 Å². The second-order valence-corrected chi connectivity index (χ2v) is 9.82. The molecule has 176 valence electrons. The van der Waals surface area contributed by atoms with E-state index in [-0.39, 0.29) is 0 Å². The molecule has 0 radical (unpaired) electrons. The zero-order valence-corrected chi connectivity index (χ0v) is 21.8. The van der Waals surface area contributed by atoms with Gasteiger partial charge in [0.05, 0.1) is 11.4 Å². The highest BCUT2D eigenvalue weighted by Gasteiger charge is 2.24. The first-order valence-corrected chi connectivity index (χ1v) is 13.1. The normalized spacial score (nSPS) is 10.8. The van der Waals surface area contributed by atoms with E-state index in [4.69, 9.17) is 4.98 Å². The monoisotopic (exact) mass is 537 g/mol. The summed E-state index contributed by atoms with van der Waals surface area (Å²) in [4.78, 5) is 5.47. The number of halogens is 1. The first-order valence-electron chi connectivity index (χ1n) is 12.4. The van der Waals surface area contributed by atoms with Gasteiger partial charge in [0.15, 0.2) is 0 Å². The summed E-state index contributed by atoms with van der Waals surface area (Å²) in [5.74, 6) is 0. The van der Waals surface area contributed by atoms with Gasteiger partial charge in [0, 0.05) is 32.3 Å². The Morgan fingerprint density at radius 1 is 0.324 bits per heavy atom. The fraction of sp³-hybridized carbons (Fsp3) is 0. The Bertz CT molecular complexity index is 1630. The van der Waals surface area contributed by atoms with Crippen molar-refractivity contribution in [3.8, 4) is 55.9 Å². The number of rotatable bonds is 5. The van der Waals surface area contributed by atoms with E-state index >= 15 is 0 Å². The molecule has 0 bridgehead atoms. The second kappa shape index (κ2) is 10.4. The lowest BCUT2D eigenvalue weighted by Gasteiger charge is -2.23. The molecule has 2 heteroatoms. The molecule has 1 nitrogen and oxygen atoms in total. The molecule has 1 heterocycles. The van der Waals surface area contributed by atoms with E-state index in [0.29, 0.717) is 0 Å². The van der Waals surface area contributed by atoms with Crippen molar-refractivity contribution in [1.82, 2.24) is 4.98 Å². The zero-order chi connectivity index (χ0) is 25.0. The molecule has 0 spiro atoms. The van der Waals surface area contributed by atoms with Crippen LogP contribution in [0.4, 0.5) is 0 Å². The Hall–Kier alpha value is -4.27. The number of aromatic nitrogens is 1. The number of hydrogen-bond acceptors (Lipinski definition) is 1. The lowest BCUT2D eigenvalue weighted by atomic mass is 9.83. The Morgan fingerprint density at radius 2 is 0.649 bits per heavy atom. The summed E-state index contributed by atoms with van der Waals surface area (Å²) in [7, 11) is 0. The molecule has 0 aliphatic rings. The van der Waals surface area contributed by atoms with E-state index in [9.17, 15) is 0 Å². The molecule has 0 aliphatic heterocycles. The fourth-order valence-corrected chi connectivity index (χ4v) is 5.14.